The van der Waals surface area contributed by atoms with Crippen LogP contribution in [0.25, 0.3) is 0 Å². The minimum atomic E-state index is -3.79. The molecule has 10 heteroatoms. The van der Waals surface area contributed by atoms with Crippen molar-refractivity contribution in [3.63, 3.8) is 0 Å². The number of ether oxygens (including phenoxy) is 2. The fraction of sp³-hybridized carbons (Fsp3) is 0.818. The summed E-state index contributed by atoms with van der Waals surface area (Å²) >= 11 is 0. The van der Waals surface area contributed by atoms with Crippen molar-refractivity contribution in [3.05, 3.63) is 0 Å². The van der Waals surface area contributed by atoms with Crippen molar-refractivity contribution >= 4 is 22.1 Å². The van der Waals surface area contributed by atoms with Gasteiger partial charge in [-0.05, 0) is 12.8 Å². The average molecular weight is 324 g/mol. The summed E-state index contributed by atoms with van der Waals surface area (Å²) in [6.45, 7) is 0.00470. The molecule has 0 bridgehead atoms. The quantitative estimate of drug-likeness (QED) is 0.564. The minimum absolute atomic E-state index is 0.180. The molecule has 9 nitrogen and oxygen atoms in total. The number of aliphatic carboxylic acids is 1. The number of hydrogen-bond acceptors (Lipinski definition) is 6. The van der Waals surface area contributed by atoms with E-state index in [2.05, 4.69) is 14.2 Å². The third-order valence-corrected chi connectivity index (χ3v) is 4.92. The van der Waals surface area contributed by atoms with Crippen molar-refractivity contribution in [3.8, 4) is 0 Å². The number of esters is 1. The van der Waals surface area contributed by atoms with E-state index in [4.69, 9.17) is 5.11 Å². The van der Waals surface area contributed by atoms with Crippen molar-refractivity contribution < 1.29 is 32.6 Å². The van der Waals surface area contributed by atoms with Crippen LogP contribution < -0.4 is 4.72 Å². The van der Waals surface area contributed by atoms with E-state index < -0.39 is 22.3 Å². The Morgan fingerprint density at radius 3 is 2.33 bits per heavy atom. The van der Waals surface area contributed by atoms with E-state index in [1.54, 1.807) is 0 Å². The molecule has 0 aromatic heterocycles. The van der Waals surface area contributed by atoms with E-state index in [-0.39, 0.29) is 31.5 Å². The molecule has 0 spiro atoms. The van der Waals surface area contributed by atoms with Crippen LogP contribution in [0.3, 0.4) is 0 Å². The summed E-state index contributed by atoms with van der Waals surface area (Å²) in [5.74, 6) is -1.89. The molecule has 1 unspecified atom stereocenters. The topological polar surface area (TPSA) is 122 Å². The predicted molar refractivity (Wildman–Crippen MR) is 71.7 cm³/mol. The first kappa shape index (κ1) is 17.8. The molecule has 0 amide bonds. The van der Waals surface area contributed by atoms with Gasteiger partial charge in [0.1, 0.15) is 0 Å². The molecule has 1 aliphatic heterocycles. The third kappa shape index (κ3) is 4.92. The van der Waals surface area contributed by atoms with Crippen molar-refractivity contribution in [1.82, 2.24) is 9.03 Å². The molecule has 0 aliphatic carbocycles. The highest BCUT2D eigenvalue weighted by atomic mass is 32.2. The van der Waals surface area contributed by atoms with Gasteiger partial charge in [0.2, 0.25) is 0 Å². The van der Waals surface area contributed by atoms with Crippen LogP contribution in [0.4, 0.5) is 0 Å². The number of nitrogens with one attached hydrogen (secondary N) is 1. The van der Waals surface area contributed by atoms with Gasteiger partial charge < -0.3 is 14.6 Å². The summed E-state index contributed by atoms with van der Waals surface area (Å²) in [5.41, 5.74) is 0. The predicted octanol–water partition coefficient (Wildman–Crippen LogP) is -1.19. The van der Waals surface area contributed by atoms with Crippen LogP contribution in [-0.2, 0) is 29.3 Å². The first-order valence-corrected chi connectivity index (χ1v) is 7.84. The zero-order valence-electron chi connectivity index (χ0n) is 11.9. The Hall–Kier alpha value is -1.23. The number of hydrogen-bond donors (Lipinski definition) is 2. The highest BCUT2D eigenvalue weighted by molar-refractivity contribution is 7.87. The second-order valence-electron chi connectivity index (χ2n) is 4.61. The Labute approximate surface area is 123 Å². The lowest BCUT2D eigenvalue weighted by atomic mass is 9.99. The number of nitrogens with zero attached hydrogens (tertiary/aromatic N) is 1. The summed E-state index contributed by atoms with van der Waals surface area (Å²) in [7, 11) is -1.31. The highest BCUT2D eigenvalue weighted by Gasteiger charge is 2.32. The number of piperidine rings is 1. The van der Waals surface area contributed by atoms with Gasteiger partial charge in [-0.25, -0.2) is 4.79 Å². The lowest BCUT2D eigenvalue weighted by Crippen LogP contribution is -2.48. The average Bonchev–Trinajstić information content (AvgIpc) is 2.46. The van der Waals surface area contributed by atoms with Crippen LogP contribution in [0.1, 0.15) is 12.8 Å². The maximum absolute atomic E-state index is 12.0. The van der Waals surface area contributed by atoms with Gasteiger partial charge in [0.15, 0.2) is 6.10 Å². The maximum atomic E-state index is 12.0. The van der Waals surface area contributed by atoms with Crippen molar-refractivity contribution in [1.29, 1.82) is 0 Å². The molecule has 1 saturated heterocycles. The molecule has 1 heterocycles. The Balaban J connectivity index is 2.53. The normalized spacial score (nSPS) is 19.1. The molecule has 21 heavy (non-hydrogen) atoms. The molecular weight excluding hydrogens is 304 g/mol. The largest absolute Gasteiger partial charge is 0.479 e. The van der Waals surface area contributed by atoms with Gasteiger partial charge in [0.05, 0.1) is 13.0 Å². The Bertz CT molecular complexity index is 471. The van der Waals surface area contributed by atoms with Crippen molar-refractivity contribution in [2.75, 3.05) is 33.9 Å². The summed E-state index contributed by atoms with van der Waals surface area (Å²) < 4.78 is 36.7. The lowest BCUT2D eigenvalue weighted by molar-refractivity contribution is -0.148. The number of rotatable bonds is 7. The SMILES string of the molecule is COC(=O)C1CCN(S(=O)(=O)NCC(OC)C(=O)O)CC1. The highest BCUT2D eigenvalue weighted by Crippen LogP contribution is 2.20. The van der Waals surface area contributed by atoms with Gasteiger partial charge in [-0.15, -0.1) is 0 Å². The second-order valence-corrected chi connectivity index (χ2v) is 6.37. The van der Waals surface area contributed by atoms with E-state index in [0.29, 0.717) is 12.8 Å². The number of carboxylic acid groups (broad SMARTS) is 1. The van der Waals surface area contributed by atoms with Crippen LogP contribution in [0.5, 0.6) is 0 Å². The molecule has 1 fully saturated rings. The van der Waals surface area contributed by atoms with Crippen LogP contribution in [0.2, 0.25) is 0 Å². The molecule has 0 saturated carbocycles. The number of carboxylic acids is 1. The van der Waals surface area contributed by atoms with E-state index in [1.807, 2.05) is 0 Å². The van der Waals surface area contributed by atoms with E-state index in [9.17, 15) is 18.0 Å². The van der Waals surface area contributed by atoms with Crippen LogP contribution in [-0.4, -0.2) is 69.7 Å². The number of methoxy groups -OCH3 is 2. The Morgan fingerprint density at radius 1 is 1.33 bits per heavy atom. The zero-order chi connectivity index (χ0) is 16.0. The van der Waals surface area contributed by atoms with Gasteiger partial charge in [0, 0.05) is 26.7 Å². The van der Waals surface area contributed by atoms with Crippen LogP contribution in [0.15, 0.2) is 0 Å². The summed E-state index contributed by atoms with van der Waals surface area (Å²) in [6, 6.07) is 0. The molecule has 1 aliphatic rings. The monoisotopic (exact) mass is 324 g/mol. The van der Waals surface area contributed by atoms with Gasteiger partial charge >= 0.3 is 11.9 Å². The lowest BCUT2D eigenvalue weighted by Gasteiger charge is -2.30. The summed E-state index contributed by atoms with van der Waals surface area (Å²) in [6.07, 6.45) is -0.493. The maximum Gasteiger partial charge on any atom is 0.334 e. The van der Waals surface area contributed by atoms with E-state index in [1.165, 1.54) is 18.5 Å². The standard InChI is InChI=1S/C11H20N2O7S/c1-19-9(10(14)15)7-12-21(17,18)13-5-3-8(4-6-13)11(16)20-2/h8-9,12H,3-7H2,1-2H3,(H,14,15). The Kier molecular flexibility index (Phi) is 6.52. The third-order valence-electron chi connectivity index (χ3n) is 3.34. The van der Waals surface area contributed by atoms with Crippen LogP contribution >= 0.6 is 0 Å². The van der Waals surface area contributed by atoms with Crippen molar-refractivity contribution in [2.24, 2.45) is 5.92 Å². The Morgan fingerprint density at radius 2 is 1.90 bits per heavy atom. The number of carbonyl (C=O) groups excluding carboxylic acids is 1. The van der Waals surface area contributed by atoms with Gasteiger partial charge in [-0.1, -0.05) is 0 Å². The second kappa shape index (κ2) is 7.69. The smallest absolute Gasteiger partial charge is 0.334 e. The molecular formula is C11H20N2O7S. The van der Waals surface area contributed by atoms with Crippen molar-refractivity contribution in [2.45, 2.75) is 18.9 Å². The summed E-state index contributed by atoms with van der Waals surface area (Å²) in [5, 5.41) is 8.78. The molecule has 0 radical (unpaired) electrons. The first-order chi connectivity index (χ1) is 9.81. The fourth-order valence-electron chi connectivity index (χ4n) is 2.04. The van der Waals surface area contributed by atoms with Gasteiger partial charge in [-0.3, -0.25) is 4.79 Å². The molecule has 122 valence electrons. The van der Waals surface area contributed by atoms with Gasteiger partial charge in [0.25, 0.3) is 10.2 Å². The van der Waals surface area contributed by atoms with E-state index >= 15 is 0 Å². The number of carbonyl (C=O) groups is 2. The molecule has 2 N–H and O–H groups in total. The molecule has 1 atom stereocenters. The fourth-order valence-corrected chi connectivity index (χ4v) is 3.28. The van der Waals surface area contributed by atoms with Gasteiger partial charge in [-0.2, -0.15) is 17.4 Å². The molecule has 0 aromatic carbocycles. The summed E-state index contributed by atoms with van der Waals surface area (Å²) in [4.78, 5) is 22.1. The van der Waals surface area contributed by atoms with E-state index in [0.717, 1.165) is 0 Å². The molecule has 0 aromatic rings. The minimum Gasteiger partial charge on any atom is -0.479 e. The van der Waals surface area contributed by atoms with Crippen LogP contribution in [0, 0.1) is 5.92 Å². The molecule has 1 rings (SSSR count). The zero-order valence-corrected chi connectivity index (χ0v) is 12.8. The first-order valence-electron chi connectivity index (χ1n) is 6.40.